The molecule has 0 aliphatic carbocycles. The van der Waals surface area contributed by atoms with Gasteiger partial charge in [0.15, 0.2) is 0 Å². The predicted octanol–water partition coefficient (Wildman–Crippen LogP) is 3.92. The molecule has 148 valence electrons. The average molecular weight is 387 g/mol. The molecular formula is C24H25N3O2. The maximum atomic E-state index is 13.0. The van der Waals surface area contributed by atoms with Crippen LogP contribution in [0.1, 0.15) is 11.1 Å². The van der Waals surface area contributed by atoms with E-state index in [-0.39, 0.29) is 0 Å². The molecule has 29 heavy (non-hydrogen) atoms. The highest BCUT2D eigenvalue weighted by Gasteiger charge is 2.22. The van der Waals surface area contributed by atoms with Crippen LogP contribution >= 0.6 is 0 Å². The lowest BCUT2D eigenvalue weighted by Gasteiger charge is -2.23. The zero-order valence-corrected chi connectivity index (χ0v) is 16.7. The van der Waals surface area contributed by atoms with Gasteiger partial charge in [0.2, 0.25) is 0 Å². The Labute approximate surface area is 171 Å². The zero-order valence-electron chi connectivity index (χ0n) is 16.7. The molecule has 3 aromatic carbocycles. The van der Waals surface area contributed by atoms with Gasteiger partial charge >= 0.3 is 11.8 Å². The van der Waals surface area contributed by atoms with Gasteiger partial charge in [-0.25, -0.2) is 0 Å². The van der Waals surface area contributed by atoms with Gasteiger partial charge in [0, 0.05) is 38.6 Å². The molecule has 1 N–H and O–H groups in total. The van der Waals surface area contributed by atoms with Gasteiger partial charge < -0.3 is 15.1 Å². The van der Waals surface area contributed by atoms with E-state index in [4.69, 9.17) is 0 Å². The van der Waals surface area contributed by atoms with Crippen LogP contribution in [0.4, 0.5) is 11.4 Å². The van der Waals surface area contributed by atoms with Gasteiger partial charge in [-0.05, 0) is 29.3 Å². The van der Waals surface area contributed by atoms with Gasteiger partial charge in [0.25, 0.3) is 0 Å². The van der Waals surface area contributed by atoms with Gasteiger partial charge in [-0.3, -0.25) is 9.59 Å². The summed E-state index contributed by atoms with van der Waals surface area (Å²) in [6.07, 6.45) is 0. The summed E-state index contributed by atoms with van der Waals surface area (Å²) >= 11 is 0. The first kappa shape index (κ1) is 20.1. The molecule has 0 heterocycles. The molecule has 0 bridgehead atoms. The van der Waals surface area contributed by atoms with Crippen LogP contribution in [0, 0.1) is 0 Å². The van der Waals surface area contributed by atoms with Crippen molar-refractivity contribution in [2.45, 2.75) is 13.1 Å². The summed E-state index contributed by atoms with van der Waals surface area (Å²) in [5.74, 6) is -1.21. The van der Waals surface area contributed by atoms with E-state index in [1.807, 2.05) is 97.9 Å². The first-order valence-electron chi connectivity index (χ1n) is 9.48. The Bertz CT molecular complexity index is 915. The molecular weight excluding hydrogens is 362 g/mol. The minimum atomic E-state index is -0.646. The van der Waals surface area contributed by atoms with Crippen molar-refractivity contribution in [3.63, 3.8) is 0 Å². The number of hydrogen-bond donors (Lipinski definition) is 1. The Morgan fingerprint density at radius 2 is 1.31 bits per heavy atom. The van der Waals surface area contributed by atoms with Crippen LogP contribution in [0.5, 0.6) is 0 Å². The lowest BCUT2D eigenvalue weighted by atomic mass is 10.1. The third-order valence-corrected chi connectivity index (χ3v) is 4.53. The predicted molar refractivity (Wildman–Crippen MR) is 117 cm³/mol. The second-order valence-electron chi connectivity index (χ2n) is 7.03. The lowest BCUT2D eigenvalue weighted by molar-refractivity contribution is -0.144. The quantitative estimate of drug-likeness (QED) is 0.652. The molecule has 2 amide bonds. The molecule has 0 unspecified atom stereocenters. The van der Waals surface area contributed by atoms with E-state index in [2.05, 4.69) is 5.32 Å². The number of rotatable bonds is 6. The monoisotopic (exact) mass is 387 g/mol. The third kappa shape index (κ3) is 5.69. The molecule has 3 rings (SSSR count). The van der Waals surface area contributed by atoms with Crippen LogP contribution in [0.15, 0.2) is 84.9 Å². The van der Waals surface area contributed by atoms with Crippen LogP contribution in [-0.2, 0) is 22.7 Å². The molecule has 5 nitrogen and oxygen atoms in total. The van der Waals surface area contributed by atoms with Gasteiger partial charge in [-0.1, -0.05) is 66.7 Å². The Morgan fingerprint density at radius 1 is 0.759 bits per heavy atom. The average Bonchev–Trinajstić information content (AvgIpc) is 2.74. The molecule has 0 atom stereocenters. The van der Waals surface area contributed by atoms with Gasteiger partial charge in [0.05, 0.1) is 0 Å². The topological polar surface area (TPSA) is 52.7 Å². The van der Waals surface area contributed by atoms with Crippen molar-refractivity contribution in [2.24, 2.45) is 0 Å². The molecule has 5 heteroatoms. The van der Waals surface area contributed by atoms with E-state index in [1.54, 1.807) is 11.0 Å². The normalized spacial score (nSPS) is 10.3. The highest BCUT2D eigenvalue weighted by atomic mass is 16.2. The van der Waals surface area contributed by atoms with Crippen LogP contribution in [-0.4, -0.2) is 30.8 Å². The summed E-state index contributed by atoms with van der Waals surface area (Å²) < 4.78 is 0. The molecule has 0 radical (unpaired) electrons. The fourth-order valence-electron chi connectivity index (χ4n) is 3.00. The van der Waals surface area contributed by atoms with Crippen molar-refractivity contribution in [3.05, 3.63) is 96.1 Å². The molecule has 0 aliphatic rings. The van der Waals surface area contributed by atoms with E-state index < -0.39 is 11.8 Å². The van der Waals surface area contributed by atoms with Crippen molar-refractivity contribution in [1.82, 2.24) is 4.90 Å². The molecule has 3 aromatic rings. The summed E-state index contributed by atoms with van der Waals surface area (Å²) in [4.78, 5) is 29.2. The maximum absolute atomic E-state index is 13.0. The second kappa shape index (κ2) is 9.55. The minimum Gasteiger partial charge on any atom is -0.378 e. The summed E-state index contributed by atoms with van der Waals surface area (Å²) in [5.41, 5.74) is 3.48. The molecule has 0 spiro atoms. The van der Waals surface area contributed by atoms with E-state index >= 15 is 0 Å². The number of anilines is 2. The Morgan fingerprint density at radius 3 is 1.83 bits per heavy atom. The Hall–Kier alpha value is -3.60. The fraction of sp³-hybridized carbons (Fsp3) is 0.167. The summed E-state index contributed by atoms with van der Waals surface area (Å²) in [6, 6.07) is 26.7. The summed E-state index contributed by atoms with van der Waals surface area (Å²) in [7, 11) is 3.85. The summed E-state index contributed by atoms with van der Waals surface area (Å²) in [6.45, 7) is 0.722. The van der Waals surface area contributed by atoms with Crippen molar-refractivity contribution < 1.29 is 9.59 Å². The Balaban J connectivity index is 1.77. The smallest absolute Gasteiger partial charge is 0.313 e. The lowest BCUT2D eigenvalue weighted by Crippen LogP contribution is -2.39. The van der Waals surface area contributed by atoms with Crippen LogP contribution in [0.2, 0.25) is 0 Å². The number of nitrogens with zero attached hydrogens (tertiary/aromatic N) is 2. The largest absolute Gasteiger partial charge is 0.378 e. The maximum Gasteiger partial charge on any atom is 0.313 e. The third-order valence-electron chi connectivity index (χ3n) is 4.53. The number of hydrogen-bond acceptors (Lipinski definition) is 3. The van der Waals surface area contributed by atoms with Crippen molar-refractivity contribution >= 4 is 23.2 Å². The minimum absolute atomic E-state index is 0.361. The number of carbonyl (C=O) groups is 2. The molecule has 0 saturated carbocycles. The number of benzene rings is 3. The van der Waals surface area contributed by atoms with Crippen LogP contribution in [0.25, 0.3) is 0 Å². The number of amides is 2. The number of nitrogens with one attached hydrogen (secondary N) is 1. The second-order valence-corrected chi connectivity index (χ2v) is 7.03. The molecule has 0 aromatic heterocycles. The SMILES string of the molecule is CN(C)c1cccc(NC(=O)C(=O)N(Cc2ccccc2)Cc2ccccc2)c1. The van der Waals surface area contributed by atoms with Crippen LogP contribution < -0.4 is 10.2 Å². The van der Waals surface area contributed by atoms with Gasteiger partial charge in [-0.2, -0.15) is 0 Å². The van der Waals surface area contributed by atoms with E-state index in [1.165, 1.54) is 0 Å². The van der Waals surface area contributed by atoms with Crippen molar-refractivity contribution in [3.8, 4) is 0 Å². The number of carbonyl (C=O) groups excluding carboxylic acids is 2. The standard InChI is InChI=1S/C24H25N3O2/c1-26(2)22-15-9-14-21(16-22)25-23(28)24(29)27(17-19-10-5-3-6-11-19)18-20-12-7-4-8-13-20/h3-16H,17-18H2,1-2H3,(H,25,28). The first-order chi connectivity index (χ1) is 14.0. The van der Waals surface area contributed by atoms with Crippen LogP contribution in [0.3, 0.4) is 0 Å². The first-order valence-corrected chi connectivity index (χ1v) is 9.48. The summed E-state index contributed by atoms with van der Waals surface area (Å²) in [5, 5.41) is 2.73. The Kier molecular flexibility index (Phi) is 6.63. The van der Waals surface area contributed by atoms with E-state index in [0.717, 1.165) is 16.8 Å². The van der Waals surface area contributed by atoms with Gasteiger partial charge in [-0.15, -0.1) is 0 Å². The molecule has 0 fully saturated rings. The van der Waals surface area contributed by atoms with Crippen molar-refractivity contribution in [2.75, 3.05) is 24.3 Å². The molecule has 0 saturated heterocycles. The van der Waals surface area contributed by atoms with E-state index in [9.17, 15) is 9.59 Å². The highest BCUT2D eigenvalue weighted by molar-refractivity contribution is 6.39. The van der Waals surface area contributed by atoms with Gasteiger partial charge in [0.1, 0.15) is 0 Å². The molecule has 0 aliphatic heterocycles. The highest BCUT2D eigenvalue weighted by Crippen LogP contribution is 2.18. The fourth-order valence-corrected chi connectivity index (χ4v) is 3.00. The zero-order chi connectivity index (χ0) is 20.6. The van der Waals surface area contributed by atoms with Crippen molar-refractivity contribution in [1.29, 1.82) is 0 Å². The van der Waals surface area contributed by atoms with E-state index in [0.29, 0.717) is 18.8 Å².